The average Bonchev–Trinajstić information content (AvgIpc) is 2.86. The van der Waals surface area contributed by atoms with E-state index < -0.39 is 0 Å². The van der Waals surface area contributed by atoms with Gasteiger partial charge in [0.25, 0.3) is 5.91 Å². The molecule has 0 spiro atoms. The van der Waals surface area contributed by atoms with E-state index in [2.05, 4.69) is 59.3 Å². The van der Waals surface area contributed by atoms with E-state index in [1.807, 2.05) is 36.4 Å². The zero-order valence-electron chi connectivity index (χ0n) is 19.1. The molecular weight excluding hydrogens is 408 g/mol. The number of anilines is 1. The van der Waals surface area contributed by atoms with Gasteiger partial charge in [0.15, 0.2) is 0 Å². The molecule has 0 atom stereocenters. The normalized spacial score (nSPS) is 14.5. The Bertz CT molecular complexity index is 1020. The lowest BCUT2D eigenvalue weighted by Gasteiger charge is -2.32. The van der Waals surface area contributed by atoms with Crippen LogP contribution in [0.2, 0.25) is 0 Å². The van der Waals surface area contributed by atoms with Crippen molar-refractivity contribution in [1.82, 2.24) is 4.90 Å². The van der Waals surface area contributed by atoms with E-state index in [0.717, 1.165) is 37.0 Å². The van der Waals surface area contributed by atoms with Crippen LogP contribution >= 0.6 is 0 Å². The highest BCUT2D eigenvalue weighted by Crippen LogP contribution is 2.23. The predicted octanol–water partition coefficient (Wildman–Crippen LogP) is 5.96. The summed E-state index contributed by atoms with van der Waals surface area (Å²) in [4.78, 5) is 15.1. The van der Waals surface area contributed by atoms with Crippen molar-refractivity contribution in [3.63, 3.8) is 0 Å². The molecule has 1 saturated heterocycles. The number of benzene rings is 3. The molecule has 0 aliphatic carbocycles. The number of nitrogens with one attached hydrogen (secondary N) is 1. The molecule has 0 aromatic heterocycles. The summed E-state index contributed by atoms with van der Waals surface area (Å²) in [6.45, 7) is 7.30. The summed E-state index contributed by atoms with van der Waals surface area (Å²) >= 11 is 0. The predicted molar refractivity (Wildman–Crippen MR) is 135 cm³/mol. The second kappa shape index (κ2) is 11.5. The van der Waals surface area contributed by atoms with E-state index in [4.69, 9.17) is 4.74 Å². The lowest BCUT2D eigenvalue weighted by atomic mass is 9.90. The van der Waals surface area contributed by atoms with Crippen LogP contribution in [0.3, 0.4) is 0 Å². The second-order valence-corrected chi connectivity index (χ2v) is 8.68. The zero-order valence-corrected chi connectivity index (χ0v) is 19.1. The first-order chi connectivity index (χ1) is 16.2. The molecule has 1 heterocycles. The summed E-state index contributed by atoms with van der Waals surface area (Å²) in [5.41, 5.74) is 4.10. The number of hydrogen-bond acceptors (Lipinski definition) is 3. The molecule has 4 rings (SSSR count). The van der Waals surface area contributed by atoms with E-state index >= 15 is 0 Å². The monoisotopic (exact) mass is 440 g/mol. The third kappa shape index (κ3) is 6.80. The minimum absolute atomic E-state index is 0.108. The summed E-state index contributed by atoms with van der Waals surface area (Å²) in [5.74, 6) is 1.42. The summed E-state index contributed by atoms with van der Waals surface area (Å²) in [5, 5.41) is 2.94. The molecule has 0 unspecified atom stereocenters. The number of nitrogens with zero attached hydrogens (tertiary/aromatic N) is 1. The smallest absolute Gasteiger partial charge is 0.255 e. The first-order valence-electron chi connectivity index (χ1n) is 11.7. The fraction of sp³-hybridized carbons (Fsp3) is 0.276. The maximum Gasteiger partial charge on any atom is 0.255 e. The first-order valence-corrected chi connectivity index (χ1v) is 11.7. The van der Waals surface area contributed by atoms with Gasteiger partial charge in [-0.05, 0) is 85.8 Å². The van der Waals surface area contributed by atoms with Crippen molar-refractivity contribution in [2.45, 2.75) is 25.8 Å². The Hall–Kier alpha value is -3.37. The molecule has 1 fully saturated rings. The molecule has 1 amide bonds. The van der Waals surface area contributed by atoms with Gasteiger partial charge in [0.1, 0.15) is 12.4 Å². The molecule has 3 aromatic rings. The summed E-state index contributed by atoms with van der Waals surface area (Å²) in [6.07, 6.45) is 5.37. The standard InChI is InChI=1S/C29H32N2O2/c1-2-20-33-28-14-12-27(13-15-28)30-29(32)26-10-8-25(9-11-26)22-31-18-16-24(17-19-31)21-23-6-4-3-5-7-23/h2-15,24H,1,16-22H2,(H,30,32). The number of piperidine rings is 1. The van der Waals surface area contributed by atoms with Crippen LogP contribution in [-0.2, 0) is 13.0 Å². The molecule has 0 saturated carbocycles. The first kappa shape index (κ1) is 22.8. The van der Waals surface area contributed by atoms with Gasteiger partial charge in [0, 0.05) is 17.8 Å². The minimum atomic E-state index is -0.108. The van der Waals surface area contributed by atoms with Crippen molar-refractivity contribution < 1.29 is 9.53 Å². The number of ether oxygens (including phenoxy) is 1. The topological polar surface area (TPSA) is 41.6 Å². The lowest BCUT2D eigenvalue weighted by Crippen LogP contribution is -2.33. The molecule has 1 aliphatic rings. The van der Waals surface area contributed by atoms with Gasteiger partial charge in [-0.2, -0.15) is 0 Å². The average molecular weight is 441 g/mol. The fourth-order valence-corrected chi connectivity index (χ4v) is 4.31. The van der Waals surface area contributed by atoms with Crippen molar-refractivity contribution in [2.24, 2.45) is 5.92 Å². The van der Waals surface area contributed by atoms with Crippen molar-refractivity contribution in [3.05, 3.63) is 108 Å². The van der Waals surface area contributed by atoms with Crippen molar-refractivity contribution in [2.75, 3.05) is 25.0 Å². The molecule has 1 aliphatic heterocycles. The molecule has 4 nitrogen and oxygen atoms in total. The molecule has 4 heteroatoms. The van der Waals surface area contributed by atoms with E-state index in [0.29, 0.717) is 12.2 Å². The molecular formula is C29H32N2O2. The van der Waals surface area contributed by atoms with Crippen LogP contribution in [0, 0.1) is 5.92 Å². The van der Waals surface area contributed by atoms with Gasteiger partial charge in [0.05, 0.1) is 0 Å². The third-order valence-electron chi connectivity index (χ3n) is 6.18. The molecule has 170 valence electrons. The summed E-state index contributed by atoms with van der Waals surface area (Å²) in [6, 6.07) is 26.1. The van der Waals surface area contributed by atoms with Gasteiger partial charge in [-0.15, -0.1) is 0 Å². The Kier molecular flexibility index (Phi) is 7.94. The molecule has 0 bridgehead atoms. The molecule has 3 aromatic carbocycles. The maximum absolute atomic E-state index is 12.6. The van der Waals surface area contributed by atoms with Crippen LogP contribution in [0.15, 0.2) is 91.5 Å². The molecule has 0 radical (unpaired) electrons. The number of rotatable bonds is 9. The highest BCUT2D eigenvalue weighted by Gasteiger charge is 2.19. The maximum atomic E-state index is 12.6. The van der Waals surface area contributed by atoms with E-state index in [1.54, 1.807) is 6.08 Å². The lowest BCUT2D eigenvalue weighted by molar-refractivity contribution is 0.102. The number of amides is 1. The van der Waals surface area contributed by atoms with Gasteiger partial charge in [-0.3, -0.25) is 9.69 Å². The second-order valence-electron chi connectivity index (χ2n) is 8.68. The number of carbonyl (C=O) groups excluding carboxylic acids is 1. The van der Waals surface area contributed by atoms with E-state index in [1.165, 1.54) is 30.4 Å². The van der Waals surface area contributed by atoms with Crippen molar-refractivity contribution in [1.29, 1.82) is 0 Å². The fourth-order valence-electron chi connectivity index (χ4n) is 4.31. The van der Waals surface area contributed by atoms with Crippen molar-refractivity contribution in [3.8, 4) is 5.75 Å². The number of carbonyl (C=O) groups is 1. The van der Waals surface area contributed by atoms with Crippen LogP contribution in [0.1, 0.15) is 34.3 Å². The Morgan fingerprint density at radius 3 is 2.30 bits per heavy atom. The van der Waals surface area contributed by atoms with Crippen LogP contribution in [0.4, 0.5) is 5.69 Å². The zero-order chi connectivity index (χ0) is 22.9. The summed E-state index contributed by atoms with van der Waals surface area (Å²) < 4.78 is 5.47. The Morgan fingerprint density at radius 1 is 0.939 bits per heavy atom. The molecule has 33 heavy (non-hydrogen) atoms. The van der Waals surface area contributed by atoms with E-state index in [-0.39, 0.29) is 5.91 Å². The van der Waals surface area contributed by atoms with E-state index in [9.17, 15) is 4.79 Å². The SMILES string of the molecule is C=CCOc1ccc(NC(=O)c2ccc(CN3CCC(Cc4ccccc4)CC3)cc2)cc1. The van der Waals surface area contributed by atoms with Crippen LogP contribution in [-0.4, -0.2) is 30.5 Å². The number of hydrogen-bond donors (Lipinski definition) is 1. The van der Waals surface area contributed by atoms with Gasteiger partial charge in [0.2, 0.25) is 0 Å². The number of likely N-dealkylation sites (tertiary alicyclic amines) is 1. The van der Waals surface area contributed by atoms with Gasteiger partial charge < -0.3 is 10.1 Å². The minimum Gasteiger partial charge on any atom is -0.490 e. The highest BCUT2D eigenvalue weighted by molar-refractivity contribution is 6.04. The highest BCUT2D eigenvalue weighted by atomic mass is 16.5. The van der Waals surface area contributed by atoms with Gasteiger partial charge in [-0.1, -0.05) is 55.1 Å². The van der Waals surface area contributed by atoms with Crippen molar-refractivity contribution >= 4 is 11.6 Å². The van der Waals surface area contributed by atoms with Crippen LogP contribution in [0.5, 0.6) is 5.75 Å². The largest absolute Gasteiger partial charge is 0.490 e. The van der Waals surface area contributed by atoms with Gasteiger partial charge >= 0.3 is 0 Å². The van der Waals surface area contributed by atoms with Crippen LogP contribution in [0.25, 0.3) is 0 Å². The summed E-state index contributed by atoms with van der Waals surface area (Å²) in [7, 11) is 0. The molecule has 1 N–H and O–H groups in total. The quantitative estimate of drug-likeness (QED) is 0.418. The van der Waals surface area contributed by atoms with Gasteiger partial charge in [-0.25, -0.2) is 0 Å². The Balaban J connectivity index is 1.23. The van der Waals surface area contributed by atoms with Crippen LogP contribution < -0.4 is 10.1 Å². The third-order valence-corrected chi connectivity index (χ3v) is 6.18. The Labute approximate surface area is 196 Å². The Morgan fingerprint density at radius 2 is 1.64 bits per heavy atom.